The predicted molar refractivity (Wildman–Crippen MR) is 325 cm³/mol. The van der Waals surface area contributed by atoms with E-state index in [4.69, 9.17) is 14.2 Å². The van der Waals surface area contributed by atoms with Gasteiger partial charge in [0.25, 0.3) is 0 Å². The third-order valence-electron chi connectivity index (χ3n) is 12.7. The zero-order valence-corrected chi connectivity index (χ0v) is 48.5. The van der Waals surface area contributed by atoms with E-state index in [1.807, 2.05) is 12.2 Å². The van der Waals surface area contributed by atoms with Crippen molar-refractivity contribution >= 4 is 17.9 Å². The van der Waals surface area contributed by atoms with Gasteiger partial charge >= 0.3 is 17.9 Å². The molecule has 0 saturated carbocycles. The van der Waals surface area contributed by atoms with Crippen LogP contribution in [0.3, 0.4) is 0 Å². The first-order chi connectivity index (χ1) is 37.0. The lowest BCUT2D eigenvalue weighted by molar-refractivity contribution is -0.166. The number of ether oxygens (including phenoxy) is 3. The number of hydrogen-bond donors (Lipinski definition) is 0. The molecule has 0 heterocycles. The van der Waals surface area contributed by atoms with E-state index < -0.39 is 12.1 Å². The Kier molecular flexibility index (Phi) is 58.4. The van der Waals surface area contributed by atoms with E-state index in [2.05, 4.69) is 142 Å². The molecule has 0 rings (SSSR count). The molecule has 0 aliphatic heterocycles. The van der Waals surface area contributed by atoms with E-state index in [-0.39, 0.29) is 31.6 Å². The Morgan fingerprint density at radius 2 is 0.547 bits per heavy atom. The second kappa shape index (κ2) is 62.1. The van der Waals surface area contributed by atoms with Gasteiger partial charge in [-0.3, -0.25) is 14.4 Å². The highest BCUT2D eigenvalue weighted by molar-refractivity contribution is 5.71. The molecule has 0 fully saturated rings. The molecule has 0 bridgehead atoms. The minimum Gasteiger partial charge on any atom is -0.462 e. The fourth-order valence-corrected chi connectivity index (χ4v) is 8.14. The van der Waals surface area contributed by atoms with Crippen LogP contribution in [0.4, 0.5) is 0 Å². The Balaban J connectivity index is 4.06. The summed E-state index contributed by atoms with van der Waals surface area (Å²) in [5.74, 6) is -1.01. The van der Waals surface area contributed by atoms with Gasteiger partial charge in [0.05, 0.1) is 0 Å². The van der Waals surface area contributed by atoms with E-state index in [1.54, 1.807) is 0 Å². The van der Waals surface area contributed by atoms with Gasteiger partial charge in [0.1, 0.15) is 13.2 Å². The van der Waals surface area contributed by atoms with Gasteiger partial charge in [0.2, 0.25) is 0 Å². The lowest BCUT2D eigenvalue weighted by atomic mass is 10.0. The molecule has 75 heavy (non-hydrogen) atoms. The fourth-order valence-electron chi connectivity index (χ4n) is 8.14. The van der Waals surface area contributed by atoms with E-state index in [1.165, 1.54) is 96.3 Å². The van der Waals surface area contributed by atoms with Crippen molar-refractivity contribution in [3.63, 3.8) is 0 Å². The van der Waals surface area contributed by atoms with Gasteiger partial charge in [-0.1, -0.05) is 276 Å². The summed E-state index contributed by atoms with van der Waals surface area (Å²) < 4.78 is 16.7. The third-order valence-corrected chi connectivity index (χ3v) is 12.7. The number of rotatable bonds is 54. The molecule has 0 N–H and O–H groups in total. The first-order valence-electron chi connectivity index (χ1n) is 30.7. The number of esters is 3. The van der Waals surface area contributed by atoms with Gasteiger partial charge in [-0.25, -0.2) is 0 Å². The average molecular weight is 1040 g/mol. The molecule has 424 valence electrons. The SMILES string of the molecule is CC/C=C\C/C=C\C/C=C\C/C=C\C/C=C\C/C=C\CCC(=O)OC(COC(=O)CCCCCCC)COC(=O)CCCCCCCCCCCCCCCCCCC/C=C\C/C=C\C/C=C\C/C=C\C/C=C\CC. The number of unbranched alkanes of at least 4 members (excludes halogenated alkanes) is 21. The molecule has 1 unspecified atom stereocenters. The topological polar surface area (TPSA) is 78.9 Å². The lowest BCUT2D eigenvalue weighted by Crippen LogP contribution is -2.30. The van der Waals surface area contributed by atoms with E-state index in [9.17, 15) is 14.4 Å². The Morgan fingerprint density at radius 1 is 0.280 bits per heavy atom. The van der Waals surface area contributed by atoms with Gasteiger partial charge < -0.3 is 14.2 Å². The second-order valence-corrected chi connectivity index (χ2v) is 19.9. The molecular weight excluding hydrogens is 925 g/mol. The largest absolute Gasteiger partial charge is 0.462 e. The van der Waals surface area contributed by atoms with E-state index in [0.717, 1.165) is 122 Å². The maximum Gasteiger partial charge on any atom is 0.306 e. The maximum absolute atomic E-state index is 12.7. The lowest BCUT2D eigenvalue weighted by Gasteiger charge is -2.18. The summed E-state index contributed by atoms with van der Waals surface area (Å²) in [6.07, 6.45) is 88.1. The van der Waals surface area contributed by atoms with Crippen molar-refractivity contribution in [1.82, 2.24) is 0 Å². The van der Waals surface area contributed by atoms with Crippen LogP contribution in [-0.4, -0.2) is 37.2 Å². The monoisotopic (exact) mass is 1040 g/mol. The predicted octanol–water partition coefficient (Wildman–Crippen LogP) is 21.0. The number of allylic oxidation sites excluding steroid dienone is 22. The van der Waals surface area contributed by atoms with Crippen molar-refractivity contribution in [3.05, 3.63) is 134 Å². The molecule has 0 aliphatic carbocycles. The highest BCUT2D eigenvalue weighted by Crippen LogP contribution is 2.16. The molecule has 0 spiro atoms. The molecule has 0 aromatic rings. The van der Waals surface area contributed by atoms with Crippen molar-refractivity contribution in [2.24, 2.45) is 0 Å². The number of hydrogen-bond acceptors (Lipinski definition) is 6. The minimum atomic E-state index is -0.817. The van der Waals surface area contributed by atoms with Gasteiger partial charge in [0.15, 0.2) is 6.10 Å². The standard InChI is InChI=1S/C69H112O6/c1-4-7-10-13-15-17-19-21-23-25-27-28-29-30-31-32-33-34-35-36-37-38-39-40-42-43-45-47-49-51-53-56-59-62-68(71)74-65-66(64-73-67(70)61-58-55-12-9-6-3)75-69(72)63-60-57-54-52-50-48-46-44-41-26-24-22-20-18-16-14-11-8-5-2/h7-8,10-11,15-18,21-24,27-28,30-31,41,44,48,50,54,57,66H,4-6,9,12-14,19-20,25-26,29,32-40,42-43,45-47,49,51-53,55-56,58-65H2,1-3H3/b10-7-,11-8-,17-15-,18-16-,23-21-,24-22-,28-27-,31-30-,44-41-,50-48-,57-54-. The van der Waals surface area contributed by atoms with Gasteiger partial charge in [0, 0.05) is 19.3 Å². The smallest absolute Gasteiger partial charge is 0.306 e. The first kappa shape index (κ1) is 70.5. The van der Waals surface area contributed by atoms with Crippen LogP contribution in [0.1, 0.15) is 265 Å². The van der Waals surface area contributed by atoms with E-state index >= 15 is 0 Å². The molecule has 1 atom stereocenters. The zero-order valence-electron chi connectivity index (χ0n) is 48.5. The van der Waals surface area contributed by atoms with Crippen LogP contribution >= 0.6 is 0 Å². The molecule has 0 aromatic carbocycles. The van der Waals surface area contributed by atoms with Gasteiger partial charge in [-0.2, -0.15) is 0 Å². The quantitative estimate of drug-likeness (QED) is 0.0261. The number of carbonyl (C=O) groups excluding carboxylic acids is 3. The van der Waals surface area contributed by atoms with Crippen molar-refractivity contribution < 1.29 is 28.6 Å². The second-order valence-electron chi connectivity index (χ2n) is 19.9. The van der Waals surface area contributed by atoms with Crippen LogP contribution in [0.5, 0.6) is 0 Å². The third kappa shape index (κ3) is 60.3. The van der Waals surface area contributed by atoms with Crippen molar-refractivity contribution in [2.45, 2.75) is 271 Å². The Labute approximate surface area is 462 Å². The minimum absolute atomic E-state index is 0.109. The molecule has 0 aliphatic rings. The van der Waals surface area contributed by atoms with Crippen molar-refractivity contribution in [1.29, 1.82) is 0 Å². The zero-order chi connectivity index (χ0) is 54.3. The van der Waals surface area contributed by atoms with Crippen molar-refractivity contribution in [2.75, 3.05) is 13.2 Å². The molecule has 0 amide bonds. The summed E-state index contributed by atoms with van der Waals surface area (Å²) in [6.45, 7) is 6.26. The molecule has 0 radical (unpaired) electrons. The molecule has 0 saturated heterocycles. The van der Waals surface area contributed by atoms with Crippen LogP contribution in [0.25, 0.3) is 0 Å². The number of carbonyl (C=O) groups is 3. The fraction of sp³-hybridized carbons (Fsp3) is 0.638. The average Bonchev–Trinajstić information content (AvgIpc) is 3.41. The Bertz CT molecular complexity index is 1620. The van der Waals surface area contributed by atoms with Crippen LogP contribution < -0.4 is 0 Å². The summed E-state index contributed by atoms with van der Waals surface area (Å²) >= 11 is 0. The van der Waals surface area contributed by atoms with Gasteiger partial charge in [-0.15, -0.1) is 0 Å². The highest BCUT2D eigenvalue weighted by atomic mass is 16.6. The maximum atomic E-state index is 12.7. The highest BCUT2D eigenvalue weighted by Gasteiger charge is 2.19. The molecule has 6 heteroatoms. The normalized spacial score (nSPS) is 13.1. The van der Waals surface area contributed by atoms with Gasteiger partial charge in [-0.05, 0) is 103 Å². The summed E-state index contributed by atoms with van der Waals surface area (Å²) in [6, 6.07) is 0. The van der Waals surface area contributed by atoms with E-state index in [0.29, 0.717) is 19.3 Å². The Morgan fingerprint density at radius 3 is 0.867 bits per heavy atom. The Hall–Kier alpha value is -4.45. The van der Waals surface area contributed by atoms with Crippen LogP contribution in [0, 0.1) is 0 Å². The molecule has 0 aromatic heterocycles. The van der Waals surface area contributed by atoms with Crippen LogP contribution in [0.15, 0.2) is 134 Å². The molecule has 6 nitrogen and oxygen atoms in total. The summed E-state index contributed by atoms with van der Waals surface area (Å²) in [7, 11) is 0. The van der Waals surface area contributed by atoms with Crippen molar-refractivity contribution in [3.8, 4) is 0 Å². The first-order valence-corrected chi connectivity index (χ1v) is 30.7. The summed E-state index contributed by atoms with van der Waals surface area (Å²) in [5, 5.41) is 0. The van der Waals surface area contributed by atoms with Crippen LogP contribution in [-0.2, 0) is 28.6 Å². The summed E-state index contributed by atoms with van der Waals surface area (Å²) in [4.78, 5) is 37.8. The van der Waals surface area contributed by atoms with Crippen LogP contribution in [0.2, 0.25) is 0 Å². The molecular formula is C69H112O6. The summed E-state index contributed by atoms with van der Waals surface area (Å²) in [5.41, 5.74) is 0.